The summed E-state index contributed by atoms with van der Waals surface area (Å²) in [6.45, 7) is 1.80. The molecule has 1 unspecified atom stereocenters. The van der Waals surface area contributed by atoms with Crippen LogP contribution >= 0.6 is 0 Å². The van der Waals surface area contributed by atoms with Gasteiger partial charge in [0.25, 0.3) is 0 Å². The zero-order valence-electron chi connectivity index (χ0n) is 10.8. The summed E-state index contributed by atoms with van der Waals surface area (Å²) in [6.07, 6.45) is 2.64. The second kappa shape index (κ2) is 5.00. The first-order valence-corrected chi connectivity index (χ1v) is 7.86. The normalized spacial score (nSPS) is 13.4. The van der Waals surface area contributed by atoms with Crippen molar-refractivity contribution in [3.8, 4) is 0 Å². The van der Waals surface area contributed by atoms with Gasteiger partial charge in [0, 0.05) is 23.4 Å². The molecular weight excluding hydrogens is 264 g/mol. The molecule has 1 aromatic carbocycles. The van der Waals surface area contributed by atoms with Crippen molar-refractivity contribution in [2.24, 2.45) is 0 Å². The van der Waals surface area contributed by atoms with E-state index in [9.17, 15) is 8.42 Å². The first-order chi connectivity index (χ1) is 8.85. The predicted molar refractivity (Wildman–Crippen MR) is 76.7 cm³/mol. The Morgan fingerprint density at radius 2 is 2.11 bits per heavy atom. The van der Waals surface area contributed by atoms with Crippen molar-refractivity contribution in [3.05, 3.63) is 24.5 Å². The molecule has 0 radical (unpaired) electrons. The Balaban J connectivity index is 2.30. The number of nitrogens with two attached hydrogens (primary N) is 1. The second-order valence-electron chi connectivity index (χ2n) is 4.64. The third-order valence-corrected chi connectivity index (χ3v) is 3.70. The average molecular weight is 280 g/mol. The predicted octanol–water partition coefficient (Wildman–Crippen LogP) is 1.06. The molecule has 0 saturated heterocycles. The van der Waals surface area contributed by atoms with E-state index in [0.717, 1.165) is 10.9 Å². The Labute approximate surface area is 112 Å². The van der Waals surface area contributed by atoms with E-state index in [1.807, 2.05) is 6.07 Å². The molecule has 0 saturated carbocycles. The van der Waals surface area contributed by atoms with Gasteiger partial charge in [-0.2, -0.15) is 0 Å². The fraction of sp³-hybridized carbons (Fsp3) is 0.333. The number of rotatable bonds is 4. The van der Waals surface area contributed by atoms with Crippen LogP contribution in [0.1, 0.15) is 6.92 Å². The maximum absolute atomic E-state index is 11.3. The maximum Gasteiger partial charge on any atom is 0.149 e. The smallest absolute Gasteiger partial charge is 0.149 e. The number of aromatic nitrogens is 2. The van der Waals surface area contributed by atoms with Crippen molar-refractivity contribution >= 4 is 32.2 Å². The SMILES string of the molecule is CC(CS(C)(=O)=O)Nc1ncnc2cc(N)ccc12. The van der Waals surface area contributed by atoms with Gasteiger partial charge in [0.05, 0.1) is 11.3 Å². The lowest BCUT2D eigenvalue weighted by molar-refractivity contribution is 0.598. The summed E-state index contributed by atoms with van der Waals surface area (Å²) in [7, 11) is -3.03. The summed E-state index contributed by atoms with van der Waals surface area (Å²) >= 11 is 0. The number of nitrogens with one attached hydrogen (secondary N) is 1. The van der Waals surface area contributed by atoms with E-state index in [-0.39, 0.29) is 11.8 Å². The van der Waals surface area contributed by atoms with Gasteiger partial charge in [-0.15, -0.1) is 0 Å². The molecule has 3 N–H and O–H groups in total. The molecule has 2 aromatic rings. The van der Waals surface area contributed by atoms with E-state index in [1.54, 1.807) is 19.1 Å². The molecule has 102 valence electrons. The topological polar surface area (TPSA) is 98.0 Å². The van der Waals surface area contributed by atoms with Crippen LogP contribution in [0.5, 0.6) is 0 Å². The molecule has 0 fully saturated rings. The van der Waals surface area contributed by atoms with Crippen molar-refractivity contribution < 1.29 is 8.42 Å². The van der Waals surface area contributed by atoms with E-state index in [0.29, 0.717) is 11.5 Å². The number of hydrogen-bond acceptors (Lipinski definition) is 6. The van der Waals surface area contributed by atoms with Crippen LogP contribution in [0.2, 0.25) is 0 Å². The Hall–Kier alpha value is -1.89. The van der Waals surface area contributed by atoms with Gasteiger partial charge in [0.15, 0.2) is 0 Å². The lowest BCUT2D eigenvalue weighted by Gasteiger charge is -2.14. The molecule has 2 rings (SSSR count). The summed E-state index contributed by atoms with van der Waals surface area (Å²) in [4.78, 5) is 8.28. The molecule has 0 aliphatic heterocycles. The molecule has 19 heavy (non-hydrogen) atoms. The molecule has 0 spiro atoms. The number of fused-ring (bicyclic) bond motifs is 1. The fourth-order valence-corrected chi connectivity index (χ4v) is 2.91. The molecule has 1 heterocycles. The lowest BCUT2D eigenvalue weighted by atomic mass is 10.2. The van der Waals surface area contributed by atoms with E-state index in [4.69, 9.17) is 5.73 Å². The number of benzene rings is 1. The van der Waals surface area contributed by atoms with Crippen LogP contribution in [0, 0.1) is 0 Å². The minimum atomic E-state index is -3.03. The summed E-state index contributed by atoms with van der Waals surface area (Å²) in [5.41, 5.74) is 7.05. The largest absolute Gasteiger partial charge is 0.399 e. The molecule has 1 aromatic heterocycles. The zero-order chi connectivity index (χ0) is 14.0. The summed E-state index contributed by atoms with van der Waals surface area (Å²) in [5, 5.41) is 3.91. The highest BCUT2D eigenvalue weighted by Gasteiger charge is 2.12. The third kappa shape index (κ3) is 3.54. The van der Waals surface area contributed by atoms with Gasteiger partial charge in [-0.3, -0.25) is 0 Å². The van der Waals surface area contributed by atoms with Crippen LogP contribution in [0.3, 0.4) is 0 Å². The van der Waals surface area contributed by atoms with Crippen LogP contribution in [-0.4, -0.2) is 36.4 Å². The number of anilines is 2. The zero-order valence-corrected chi connectivity index (χ0v) is 11.6. The lowest BCUT2D eigenvalue weighted by Crippen LogP contribution is -2.25. The van der Waals surface area contributed by atoms with Gasteiger partial charge in [-0.25, -0.2) is 18.4 Å². The molecule has 0 bridgehead atoms. The van der Waals surface area contributed by atoms with Crippen LogP contribution < -0.4 is 11.1 Å². The summed E-state index contributed by atoms with van der Waals surface area (Å²) in [6, 6.07) is 5.10. The molecule has 0 aliphatic carbocycles. The van der Waals surface area contributed by atoms with Gasteiger partial charge in [-0.1, -0.05) is 0 Å². The van der Waals surface area contributed by atoms with Gasteiger partial charge in [0.2, 0.25) is 0 Å². The average Bonchev–Trinajstić information content (AvgIpc) is 2.26. The highest BCUT2D eigenvalue weighted by molar-refractivity contribution is 7.90. The quantitative estimate of drug-likeness (QED) is 0.813. The van der Waals surface area contributed by atoms with Gasteiger partial charge < -0.3 is 11.1 Å². The molecule has 0 amide bonds. The van der Waals surface area contributed by atoms with Gasteiger partial charge in [0.1, 0.15) is 22.0 Å². The molecule has 7 heteroatoms. The van der Waals surface area contributed by atoms with Crippen molar-refractivity contribution in [1.82, 2.24) is 9.97 Å². The van der Waals surface area contributed by atoms with Crippen LogP contribution in [-0.2, 0) is 9.84 Å². The Kier molecular flexibility index (Phi) is 3.57. The summed E-state index contributed by atoms with van der Waals surface area (Å²) in [5.74, 6) is 0.661. The van der Waals surface area contributed by atoms with Gasteiger partial charge >= 0.3 is 0 Å². The maximum atomic E-state index is 11.3. The Morgan fingerprint density at radius 1 is 1.37 bits per heavy atom. The van der Waals surface area contributed by atoms with Crippen LogP contribution in [0.15, 0.2) is 24.5 Å². The van der Waals surface area contributed by atoms with Crippen molar-refractivity contribution in [2.45, 2.75) is 13.0 Å². The summed E-state index contributed by atoms with van der Waals surface area (Å²) < 4.78 is 22.5. The molecule has 1 atom stereocenters. The number of nitrogens with zero attached hydrogens (tertiary/aromatic N) is 2. The van der Waals surface area contributed by atoms with Crippen molar-refractivity contribution in [2.75, 3.05) is 23.1 Å². The van der Waals surface area contributed by atoms with Crippen LogP contribution in [0.4, 0.5) is 11.5 Å². The monoisotopic (exact) mass is 280 g/mol. The minimum Gasteiger partial charge on any atom is -0.399 e. The van der Waals surface area contributed by atoms with Crippen LogP contribution in [0.25, 0.3) is 10.9 Å². The fourth-order valence-electron chi connectivity index (χ4n) is 1.92. The van der Waals surface area contributed by atoms with Gasteiger partial charge in [-0.05, 0) is 25.1 Å². The number of hydrogen-bond donors (Lipinski definition) is 2. The Morgan fingerprint density at radius 3 is 2.79 bits per heavy atom. The van der Waals surface area contributed by atoms with Crippen molar-refractivity contribution in [3.63, 3.8) is 0 Å². The highest BCUT2D eigenvalue weighted by Crippen LogP contribution is 2.21. The van der Waals surface area contributed by atoms with Crippen molar-refractivity contribution in [1.29, 1.82) is 0 Å². The second-order valence-corrected chi connectivity index (χ2v) is 6.82. The highest BCUT2D eigenvalue weighted by atomic mass is 32.2. The minimum absolute atomic E-state index is 0.0491. The molecular formula is C12H16N4O2S. The van der Waals surface area contributed by atoms with E-state index >= 15 is 0 Å². The number of nitrogen functional groups attached to an aromatic ring is 1. The third-order valence-electron chi connectivity index (χ3n) is 2.60. The van der Waals surface area contributed by atoms with E-state index in [1.165, 1.54) is 12.6 Å². The van der Waals surface area contributed by atoms with E-state index in [2.05, 4.69) is 15.3 Å². The number of sulfone groups is 1. The first-order valence-electron chi connectivity index (χ1n) is 5.79. The molecule has 6 nitrogen and oxygen atoms in total. The Bertz CT molecular complexity index is 700. The first kappa shape index (κ1) is 13.5. The molecule has 0 aliphatic rings. The standard InChI is InChI=1S/C12H16N4O2S/c1-8(6-19(2,17)18)16-12-10-4-3-9(13)5-11(10)14-7-15-12/h3-5,7-8H,6,13H2,1-2H3,(H,14,15,16). The van der Waals surface area contributed by atoms with E-state index < -0.39 is 9.84 Å².